The van der Waals surface area contributed by atoms with Crippen LogP contribution in [0.3, 0.4) is 0 Å². The van der Waals surface area contributed by atoms with E-state index in [0.717, 1.165) is 0 Å². The predicted molar refractivity (Wildman–Crippen MR) is 266 cm³/mol. The molecule has 0 saturated carbocycles. The first-order chi connectivity index (χ1) is 26.4. The van der Waals surface area contributed by atoms with E-state index in [2.05, 4.69) is 191 Å². The van der Waals surface area contributed by atoms with E-state index in [9.17, 15) is 0 Å². The van der Waals surface area contributed by atoms with E-state index in [1.54, 1.807) is 0 Å². The van der Waals surface area contributed by atoms with Gasteiger partial charge >= 0.3 is 19.5 Å². The zero-order valence-corrected chi connectivity index (χ0v) is 51.4. The van der Waals surface area contributed by atoms with E-state index >= 15 is 0 Å². The van der Waals surface area contributed by atoms with Gasteiger partial charge in [0.05, 0.1) is 61.3 Å². The summed E-state index contributed by atoms with van der Waals surface area (Å²) in [4.78, 5) is 40.3. The van der Waals surface area contributed by atoms with Gasteiger partial charge in [0.1, 0.15) is 0 Å². The molecule has 0 aliphatic carbocycles. The van der Waals surface area contributed by atoms with Gasteiger partial charge in [0.2, 0.25) is 0 Å². The van der Waals surface area contributed by atoms with Gasteiger partial charge in [0.25, 0.3) is 0 Å². The van der Waals surface area contributed by atoms with Gasteiger partial charge in [-0.05, 0) is 191 Å². The van der Waals surface area contributed by atoms with Crippen LogP contribution >= 0.6 is 238 Å². The maximum atomic E-state index is 6.85. The molecular weight excluding hydrogens is 1660 g/mol. The molecule has 8 nitrogen and oxygen atoms in total. The third kappa shape index (κ3) is 6.87. The average Bonchev–Trinajstić information content (AvgIpc) is 3.92. The fourth-order valence-corrected chi connectivity index (χ4v) is 14.6. The van der Waals surface area contributed by atoms with Crippen LogP contribution in [0.15, 0.2) is 53.7 Å². The summed E-state index contributed by atoms with van der Waals surface area (Å²) in [6.07, 6.45) is 0. The van der Waals surface area contributed by atoms with Crippen molar-refractivity contribution in [3.05, 3.63) is 73.8 Å². The summed E-state index contributed by atoms with van der Waals surface area (Å²) in [6.45, 7) is 0. The van der Waals surface area contributed by atoms with Crippen LogP contribution in [-0.4, -0.2) is 29.9 Å². The Morgan fingerprint density at radius 2 is 0.509 bits per heavy atom. The molecule has 0 radical (unpaired) electrons. The van der Waals surface area contributed by atoms with Gasteiger partial charge in [0.15, 0.2) is 0 Å². The molecule has 0 fully saturated rings. The molecule has 0 amide bonds. The first-order valence-corrected chi connectivity index (χ1v) is 25.6. The summed E-state index contributed by atoms with van der Waals surface area (Å²) in [5.74, 6) is 1.02. The summed E-state index contributed by atoms with van der Waals surface area (Å²) < 4.78 is 6.70. The topological polar surface area (TPSA) is 106 Å². The van der Waals surface area contributed by atoms with Crippen LogP contribution in [-0.2, 0) is 19.5 Å². The Morgan fingerprint density at radius 3 is 0.807 bits per heavy atom. The van der Waals surface area contributed by atoms with Crippen LogP contribution in [0.4, 0.5) is 0 Å². The maximum Gasteiger partial charge on any atom is 2.00 e. The van der Waals surface area contributed by atoms with Crippen molar-refractivity contribution in [1.82, 2.24) is 39.9 Å². The zero-order valence-electron chi connectivity index (χ0n) is 26.3. The van der Waals surface area contributed by atoms with Crippen LogP contribution in [0.5, 0.6) is 0 Å². The second-order valence-corrected chi connectivity index (χ2v) is 22.5. The molecular formula is C32Br12Cl4N8Zn. The molecule has 7 aromatic rings. The summed E-state index contributed by atoms with van der Waals surface area (Å²) >= 11 is 71.7. The molecule has 8 bridgehead atoms. The Bertz CT molecular complexity index is 2840. The van der Waals surface area contributed by atoms with Crippen LogP contribution in [0.2, 0.25) is 20.1 Å². The Kier molecular flexibility index (Phi) is 13.2. The van der Waals surface area contributed by atoms with E-state index in [0.29, 0.717) is 118 Å². The third-order valence-corrected chi connectivity index (χ3v) is 23.5. The van der Waals surface area contributed by atoms with E-state index in [1.165, 1.54) is 0 Å². The van der Waals surface area contributed by atoms with Gasteiger partial charge in [-0.2, -0.15) is 0 Å². The SMILES string of the molecule is Clc1c(Br)c(Br)c2c(c1Br)-c1nc-2nc2[n-]c(nc3nc(nc4[n-]c(n1)c1c(Br)c(Br)c(Cl)c(Br)c41)-c1c(Br)c(Br)c(Cl)c(Br)c1-3)c1c(Br)c(Br)c(Cl)c(Br)c21.[Zn+2]. The largest absolute Gasteiger partial charge is 2.00 e. The van der Waals surface area contributed by atoms with Crippen molar-refractivity contribution in [3.63, 3.8) is 0 Å². The number of halogens is 16. The molecule has 282 valence electrons. The zero-order chi connectivity index (χ0) is 40.1. The van der Waals surface area contributed by atoms with Crippen LogP contribution in [0.1, 0.15) is 0 Å². The number of benzene rings is 4. The van der Waals surface area contributed by atoms with E-state index < -0.39 is 0 Å². The fourth-order valence-electron chi connectivity index (χ4n) is 6.10. The minimum atomic E-state index is 0. The number of fused-ring (bicyclic) bond motifs is 20. The average molecular weight is 1660 g/mol. The van der Waals surface area contributed by atoms with E-state index in [4.69, 9.17) is 86.3 Å². The third-order valence-electron chi connectivity index (χ3n) is 8.55. The maximum absolute atomic E-state index is 6.85. The molecule has 0 N–H and O–H groups in total. The van der Waals surface area contributed by atoms with Crippen LogP contribution in [0, 0.1) is 0 Å². The number of rotatable bonds is 0. The second kappa shape index (κ2) is 16.6. The molecule has 4 aromatic carbocycles. The minimum absolute atomic E-state index is 0. The number of hydrogen-bond acceptors (Lipinski definition) is 6. The van der Waals surface area contributed by atoms with Gasteiger partial charge in [-0.25, -0.2) is 9.97 Å². The van der Waals surface area contributed by atoms with Crippen molar-refractivity contribution in [2.75, 3.05) is 0 Å². The van der Waals surface area contributed by atoms with Crippen LogP contribution < -0.4 is 9.97 Å². The Hall–Kier alpha value is 1.78. The normalized spacial score (nSPS) is 12.1. The summed E-state index contributed by atoms with van der Waals surface area (Å²) in [5, 5.41) is 3.80. The van der Waals surface area contributed by atoms with E-state index in [-0.39, 0.29) is 65.4 Å². The molecule has 0 unspecified atom stereocenters. The minimum Gasteiger partial charge on any atom is -0.357 e. The first kappa shape index (κ1) is 45.4. The molecule has 25 heteroatoms. The quantitative estimate of drug-likeness (QED) is 0.0840. The van der Waals surface area contributed by atoms with Crippen molar-refractivity contribution in [2.45, 2.75) is 0 Å². The number of nitrogens with zero attached hydrogens (tertiary/aromatic N) is 8. The number of hydrogen-bond donors (Lipinski definition) is 0. The molecule has 57 heavy (non-hydrogen) atoms. The summed E-state index contributed by atoms with van der Waals surface area (Å²) in [7, 11) is 0. The van der Waals surface area contributed by atoms with Crippen LogP contribution in [0.25, 0.3) is 89.7 Å². The van der Waals surface area contributed by atoms with Gasteiger partial charge in [-0.1, -0.05) is 46.4 Å². The fraction of sp³-hybridized carbons (Fsp3) is 0. The molecule has 0 atom stereocenters. The van der Waals surface area contributed by atoms with Gasteiger partial charge in [0, 0.05) is 102 Å². The molecule has 2 aliphatic rings. The van der Waals surface area contributed by atoms with Crippen molar-refractivity contribution >= 4 is 282 Å². The monoisotopic (exact) mass is 1650 g/mol. The van der Waals surface area contributed by atoms with Crippen molar-refractivity contribution < 1.29 is 19.5 Å². The van der Waals surface area contributed by atoms with E-state index in [1.807, 2.05) is 0 Å². The second-order valence-electron chi connectivity index (χ2n) is 11.5. The molecule has 5 heterocycles. The Morgan fingerprint density at radius 1 is 0.281 bits per heavy atom. The standard InChI is InChI=1S/C32Br12Cl4N8.Zn/c33-9-1-5(13(37)21(45)17(9)41)29-49-25(1)53-30-6-2(10(34)18(42)22(46)14(6)38)27(50-30)55-32-8-4(12(36)20(44)24(48)16(8)40)28(52-32)56-31-7-3(26(51-31)54-29)11(35)19(43)23(47)15(7)39;/q-2;+2. The molecule has 3 aromatic heterocycles. The van der Waals surface area contributed by atoms with Crippen molar-refractivity contribution in [2.24, 2.45) is 0 Å². The van der Waals surface area contributed by atoms with Gasteiger partial charge in [-0.3, -0.25) is 0 Å². The number of aromatic nitrogens is 8. The Balaban J connectivity index is 0.00000455. The van der Waals surface area contributed by atoms with Crippen molar-refractivity contribution in [3.8, 4) is 45.6 Å². The molecule has 0 spiro atoms. The smallest absolute Gasteiger partial charge is 0.357 e. The van der Waals surface area contributed by atoms with Gasteiger partial charge < -0.3 is 29.9 Å². The summed E-state index contributed by atoms with van der Waals surface area (Å²) in [6, 6.07) is 0. The summed E-state index contributed by atoms with van der Waals surface area (Å²) in [5.41, 5.74) is 3.28. The first-order valence-electron chi connectivity index (χ1n) is 14.6. The predicted octanol–water partition coefficient (Wildman–Crippen LogP) is 17.9. The van der Waals surface area contributed by atoms with Crippen molar-refractivity contribution in [1.29, 1.82) is 0 Å². The molecule has 9 rings (SSSR count). The molecule has 0 saturated heterocycles. The molecule has 2 aliphatic heterocycles. The Labute approximate surface area is 453 Å². The van der Waals surface area contributed by atoms with Gasteiger partial charge in [-0.15, -0.1) is 0 Å².